The third kappa shape index (κ3) is 4.49. The van der Waals surface area contributed by atoms with E-state index in [1.165, 1.54) is 12.1 Å². The molecule has 0 aliphatic carbocycles. The van der Waals surface area contributed by atoms with Crippen LogP contribution in [0.3, 0.4) is 0 Å². The van der Waals surface area contributed by atoms with Crippen LogP contribution >= 0.6 is 0 Å². The number of aromatic nitrogens is 2. The van der Waals surface area contributed by atoms with Crippen LogP contribution in [0.1, 0.15) is 41.4 Å². The van der Waals surface area contributed by atoms with Crippen molar-refractivity contribution < 1.29 is 9.18 Å². The van der Waals surface area contributed by atoms with Crippen molar-refractivity contribution in [3.8, 4) is 0 Å². The van der Waals surface area contributed by atoms with E-state index >= 15 is 0 Å². The Labute approximate surface area is 154 Å². The summed E-state index contributed by atoms with van der Waals surface area (Å²) in [5.41, 5.74) is 2.61. The normalized spacial score (nSPS) is 15.9. The number of halogens is 1. The molecule has 0 bridgehead atoms. The van der Waals surface area contributed by atoms with E-state index in [1.807, 2.05) is 34.8 Å². The summed E-state index contributed by atoms with van der Waals surface area (Å²) in [6.07, 6.45) is 3.81. The molecule has 2 aromatic rings. The first-order valence-corrected chi connectivity index (χ1v) is 9.37. The first-order chi connectivity index (χ1) is 12.6. The number of aryl methyl sites for hydroxylation is 2. The molecule has 1 aliphatic rings. The zero-order chi connectivity index (χ0) is 18.5. The number of benzene rings is 1. The quantitative estimate of drug-likeness (QED) is 0.825. The molecule has 0 radical (unpaired) electrons. The van der Waals surface area contributed by atoms with Gasteiger partial charge in [-0.15, -0.1) is 0 Å². The van der Waals surface area contributed by atoms with Gasteiger partial charge in [-0.2, -0.15) is 5.10 Å². The van der Waals surface area contributed by atoms with E-state index in [4.69, 9.17) is 0 Å². The highest BCUT2D eigenvalue weighted by atomic mass is 19.1. The van der Waals surface area contributed by atoms with Crippen LogP contribution in [-0.2, 0) is 13.1 Å². The summed E-state index contributed by atoms with van der Waals surface area (Å²) in [6.45, 7) is 8.85. The molecular weight excluding hydrogens is 331 g/mol. The van der Waals surface area contributed by atoms with Gasteiger partial charge in [0.2, 0.25) is 0 Å². The second kappa shape index (κ2) is 8.45. The minimum Gasteiger partial charge on any atom is -0.337 e. The molecule has 3 rings (SSSR count). The second-order valence-electron chi connectivity index (χ2n) is 6.94. The van der Waals surface area contributed by atoms with Gasteiger partial charge < -0.3 is 4.90 Å². The van der Waals surface area contributed by atoms with Crippen molar-refractivity contribution in [3.63, 3.8) is 0 Å². The summed E-state index contributed by atoms with van der Waals surface area (Å²) < 4.78 is 14.9. The molecule has 2 heterocycles. The zero-order valence-electron chi connectivity index (χ0n) is 15.6. The van der Waals surface area contributed by atoms with Crippen molar-refractivity contribution in [2.75, 3.05) is 26.2 Å². The van der Waals surface area contributed by atoms with Crippen LogP contribution in [0.15, 0.2) is 30.5 Å². The number of hydrogen-bond donors (Lipinski definition) is 0. The first kappa shape index (κ1) is 18.6. The highest BCUT2D eigenvalue weighted by Gasteiger charge is 2.23. The van der Waals surface area contributed by atoms with Crippen LogP contribution in [0.25, 0.3) is 0 Å². The smallest absolute Gasteiger partial charge is 0.257 e. The molecule has 140 valence electrons. The fraction of sp³-hybridized carbons (Fsp3) is 0.500. The molecule has 1 saturated heterocycles. The molecular formula is C20H27FN4O. The van der Waals surface area contributed by atoms with Crippen LogP contribution in [0.4, 0.5) is 4.39 Å². The Balaban J connectivity index is 1.61. The number of nitrogens with zero attached hydrogens (tertiary/aromatic N) is 4. The average molecular weight is 358 g/mol. The molecule has 5 nitrogen and oxygen atoms in total. The molecule has 26 heavy (non-hydrogen) atoms. The minimum atomic E-state index is -0.208. The fourth-order valence-corrected chi connectivity index (χ4v) is 3.42. The Morgan fingerprint density at radius 3 is 2.65 bits per heavy atom. The topological polar surface area (TPSA) is 41.4 Å². The molecule has 1 amide bonds. The van der Waals surface area contributed by atoms with Crippen LogP contribution in [-0.4, -0.2) is 51.7 Å². The van der Waals surface area contributed by atoms with Gasteiger partial charge in [-0.1, -0.05) is 19.1 Å². The van der Waals surface area contributed by atoms with E-state index in [1.54, 1.807) is 0 Å². The molecule has 0 atom stereocenters. The predicted molar refractivity (Wildman–Crippen MR) is 99.5 cm³/mol. The van der Waals surface area contributed by atoms with E-state index in [0.29, 0.717) is 12.1 Å². The molecule has 0 unspecified atom stereocenters. The van der Waals surface area contributed by atoms with Gasteiger partial charge in [0.05, 0.1) is 11.3 Å². The van der Waals surface area contributed by atoms with E-state index < -0.39 is 0 Å². The highest BCUT2D eigenvalue weighted by molar-refractivity contribution is 5.95. The van der Waals surface area contributed by atoms with Gasteiger partial charge in [-0.3, -0.25) is 14.4 Å². The maximum atomic E-state index is 13.0. The van der Waals surface area contributed by atoms with Crippen molar-refractivity contribution >= 4 is 5.91 Å². The molecule has 0 saturated carbocycles. The lowest BCUT2D eigenvalue weighted by atomic mass is 10.2. The maximum Gasteiger partial charge on any atom is 0.257 e. The van der Waals surface area contributed by atoms with Crippen LogP contribution in [0, 0.1) is 12.7 Å². The molecule has 0 spiro atoms. The Bertz CT molecular complexity index is 741. The van der Waals surface area contributed by atoms with Crippen LogP contribution in [0.5, 0.6) is 0 Å². The summed E-state index contributed by atoms with van der Waals surface area (Å²) in [5, 5.41) is 4.45. The van der Waals surface area contributed by atoms with Crippen molar-refractivity contribution in [2.45, 2.75) is 39.8 Å². The second-order valence-corrected chi connectivity index (χ2v) is 6.94. The molecule has 1 aromatic heterocycles. The lowest BCUT2D eigenvalue weighted by Gasteiger charge is -2.22. The van der Waals surface area contributed by atoms with Crippen molar-refractivity contribution in [1.82, 2.24) is 19.6 Å². The fourth-order valence-electron chi connectivity index (χ4n) is 3.42. The molecule has 6 heteroatoms. The largest absolute Gasteiger partial charge is 0.337 e. The van der Waals surface area contributed by atoms with Crippen LogP contribution < -0.4 is 0 Å². The zero-order valence-corrected chi connectivity index (χ0v) is 15.6. The monoisotopic (exact) mass is 358 g/mol. The Kier molecular flexibility index (Phi) is 6.04. The predicted octanol–water partition coefficient (Wildman–Crippen LogP) is 3.09. The van der Waals surface area contributed by atoms with Gasteiger partial charge in [-0.05, 0) is 37.5 Å². The minimum absolute atomic E-state index is 0.0773. The summed E-state index contributed by atoms with van der Waals surface area (Å²) in [4.78, 5) is 17.2. The molecule has 0 N–H and O–H groups in total. The van der Waals surface area contributed by atoms with E-state index in [-0.39, 0.29) is 11.7 Å². The number of rotatable bonds is 5. The summed E-state index contributed by atoms with van der Waals surface area (Å²) in [6, 6.07) is 6.66. The van der Waals surface area contributed by atoms with Gasteiger partial charge in [0, 0.05) is 45.5 Å². The molecule has 1 aliphatic heterocycles. The third-order valence-electron chi connectivity index (χ3n) is 4.82. The average Bonchev–Trinajstić information content (AvgIpc) is 2.84. The van der Waals surface area contributed by atoms with Crippen molar-refractivity contribution in [1.29, 1.82) is 0 Å². The number of carbonyl (C=O) groups is 1. The van der Waals surface area contributed by atoms with Crippen molar-refractivity contribution in [2.24, 2.45) is 0 Å². The lowest BCUT2D eigenvalue weighted by Crippen LogP contribution is -2.35. The first-order valence-electron chi connectivity index (χ1n) is 9.37. The highest BCUT2D eigenvalue weighted by Crippen LogP contribution is 2.14. The van der Waals surface area contributed by atoms with Gasteiger partial charge in [-0.25, -0.2) is 4.39 Å². The standard InChI is InChI=1S/C20H27FN4O/c1-3-9-25-15-19(16(2)22-25)20(26)24-11-4-10-23(12-13-24)14-17-5-7-18(21)8-6-17/h5-8,15H,3-4,9-14H2,1-2H3. The Hall–Kier alpha value is -2.21. The Morgan fingerprint density at radius 2 is 1.92 bits per heavy atom. The van der Waals surface area contributed by atoms with E-state index in [2.05, 4.69) is 16.9 Å². The number of carbonyl (C=O) groups excluding carboxylic acids is 1. The van der Waals surface area contributed by atoms with Gasteiger partial charge in [0.15, 0.2) is 0 Å². The molecule has 1 aromatic carbocycles. The van der Waals surface area contributed by atoms with Gasteiger partial charge in [0.1, 0.15) is 5.82 Å². The lowest BCUT2D eigenvalue weighted by molar-refractivity contribution is 0.0760. The number of amides is 1. The molecule has 1 fully saturated rings. The van der Waals surface area contributed by atoms with E-state index in [9.17, 15) is 9.18 Å². The van der Waals surface area contributed by atoms with E-state index in [0.717, 1.165) is 56.8 Å². The summed E-state index contributed by atoms with van der Waals surface area (Å²) >= 11 is 0. The van der Waals surface area contributed by atoms with Gasteiger partial charge >= 0.3 is 0 Å². The third-order valence-corrected chi connectivity index (χ3v) is 4.82. The summed E-state index contributed by atoms with van der Waals surface area (Å²) in [5.74, 6) is -0.131. The number of hydrogen-bond acceptors (Lipinski definition) is 3. The Morgan fingerprint density at radius 1 is 1.15 bits per heavy atom. The summed E-state index contributed by atoms with van der Waals surface area (Å²) in [7, 11) is 0. The van der Waals surface area contributed by atoms with Gasteiger partial charge in [0.25, 0.3) is 5.91 Å². The van der Waals surface area contributed by atoms with Crippen LogP contribution in [0.2, 0.25) is 0 Å². The van der Waals surface area contributed by atoms with Crippen molar-refractivity contribution in [3.05, 3.63) is 53.1 Å². The SMILES string of the molecule is CCCn1cc(C(=O)N2CCCN(Cc3ccc(F)cc3)CC2)c(C)n1. The maximum absolute atomic E-state index is 13.0.